The summed E-state index contributed by atoms with van der Waals surface area (Å²) in [5.41, 5.74) is 5.31. The normalized spacial score (nSPS) is 17.6. The predicted molar refractivity (Wildman–Crippen MR) is 69.8 cm³/mol. The largest absolute Gasteiger partial charge is 0.480 e. The molecule has 0 bridgehead atoms. The number of imidazole rings is 1. The third kappa shape index (κ3) is 3.33. The van der Waals surface area contributed by atoms with Crippen LogP contribution in [0.5, 0.6) is 0 Å². The standard InChI is InChI=1S/C10H17N5O4S/c11-8(10(16)17)1-2-13-20(18,19)15-6-5-14-4-3-12-9(14)7-15/h3-4,8,13H,1-2,5-7,11H2,(H,16,17). The van der Waals surface area contributed by atoms with Crippen LogP contribution < -0.4 is 10.5 Å². The second kappa shape index (κ2) is 5.87. The van der Waals surface area contributed by atoms with E-state index in [1.165, 1.54) is 4.31 Å². The summed E-state index contributed by atoms with van der Waals surface area (Å²) >= 11 is 0. The lowest BCUT2D eigenvalue weighted by Crippen LogP contribution is -2.46. The summed E-state index contributed by atoms with van der Waals surface area (Å²) in [6.07, 6.45) is 3.47. The van der Waals surface area contributed by atoms with Gasteiger partial charge in [0, 0.05) is 32.0 Å². The fourth-order valence-electron chi connectivity index (χ4n) is 1.91. The Labute approximate surface area is 116 Å². The number of aliphatic carboxylic acids is 1. The van der Waals surface area contributed by atoms with Crippen LogP contribution in [0.15, 0.2) is 12.4 Å². The first-order chi connectivity index (χ1) is 9.40. The average molecular weight is 303 g/mol. The van der Waals surface area contributed by atoms with Crippen molar-refractivity contribution in [1.82, 2.24) is 18.6 Å². The van der Waals surface area contributed by atoms with Crippen LogP contribution in [0.4, 0.5) is 0 Å². The maximum atomic E-state index is 12.1. The average Bonchev–Trinajstić information content (AvgIpc) is 2.85. The molecule has 1 aliphatic heterocycles. The molecule has 0 saturated heterocycles. The van der Waals surface area contributed by atoms with Crippen LogP contribution in [0.3, 0.4) is 0 Å². The van der Waals surface area contributed by atoms with E-state index in [0.29, 0.717) is 18.9 Å². The van der Waals surface area contributed by atoms with Gasteiger partial charge in [0.15, 0.2) is 0 Å². The Hall–Kier alpha value is -1.49. The minimum atomic E-state index is -3.64. The van der Waals surface area contributed by atoms with Gasteiger partial charge in [-0.25, -0.2) is 9.71 Å². The molecule has 1 aliphatic rings. The van der Waals surface area contributed by atoms with Crippen molar-refractivity contribution < 1.29 is 18.3 Å². The van der Waals surface area contributed by atoms with Crippen molar-refractivity contribution in [2.75, 3.05) is 13.1 Å². The van der Waals surface area contributed by atoms with E-state index in [0.717, 1.165) is 0 Å². The zero-order chi connectivity index (χ0) is 14.8. The second-order valence-electron chi connectivity index (χ2n) is 4.50. The van der Waals surface area contributed by atoms with E-state index in [2.05, 4.69) is 9.71 Å². The minimum Gasteiger partial charge on any atom is -0.480 e. The molecule has 1 unspecified atom stereocenters. The highest BCUT2D eigenvalue weighted by atomic mass is 32.2. The summed E-state index contributed by atoms with van der Waals surface area (Å²) in [5, 5.41) is 8.62. The van der Waals surface area contributed by atoms with Gasteiger partial charge >= 0.3 is 5.97 Å². The molecule has 112 valence electrons. The van der Waals surface area contributed by atoms with E-state index < -0.39 is 22.2 Å². The molecule has 2 heterocycles. The molecule has 2 rings (SSSR count). The third-order valence-electron chi connectivity index (χ3n) is 3.11. The first-order valence-electron chi connectivity index (χ1n) is 6.13. The minimum absolute atomic E-state index is 0.0132. The van der Waals surface area contributed by atoms with E-state index in [1.54, 1.807) is 12.4 Å². The van der Waals surface area contributed by atoms with Crippen LogP contribution in [0.1, 0.15) is 12.2 Å². The molecule has 1 aromatic rings. The highest BCUT2D eigenvalue weighted by molar-refractivity contribution is 7.87. The van der Waals surface area contributed by atoms with E-state index in [9.17, 15) is 13.2 Å². The van der Waals surface area contributed by atoms with Crippen molar-refractivity contribution >= 4 is 16.2 Å². The molecular weight excluding hydrogens is 286 g/mol. The number of carboxylic acid groups (broad SMARTS) is 1. The number of carbonyl (C=O) groups is 1. The summed E-state index contributed by atoms with van der Waals surface area (Å²) in [4.78, 5) is 14.6. The molecule has 0 aliphatic carbocycles. The van der Waals surface area contributed by atoms with Crippen molar-refractivity contribution in [2.24, 2.45) is 5.73 Å². The van der Waals surface area contributed by atoms with Gasteiger partial charge in [-0.15, -0.1) is 0 Å². The number of fused-ring (bicyclic) bond motifs is 1. The van der Waals surface area contributed by atoms with Gasteiger partial charge in [0.2, 0.25) is 0 Å². The molecule has 0 aromatic carbocycles. The van der Waals surface area contributed by atoms with Gasteiger partial charge in [-0.3, -0.25) is 4.79 Å². The highest BCUT2D eigenvalue weighted by Crippen LogP contribution is 2.12. The quantitative estimate of drug-likeness (QED) is 0.576. The number of carboxylic acids is 1. The third-order valence-corrected chi connectivity index (χ3v) is 4.67. The lowest BCUT2D eigenvalue weighted by atomic mass is 10.2. The van der Waals surface area contributed by atoms with Gasteiger partial charge in [-0.05, 0) is 6.42 Å². The fourth-order valence-corrected chi connectivity index (χ4v) is 3.08. The molecule has 20 heavy (non-hydrogen) atoms. The molecule has 1 atom stereocenters. The first-order valence-corrected chi connectivity index (χ1v) is 7.57. The van der Waals surface area contributed by atoms with Crippen LogP contribution >= 0.6 is 0 Å². The lowest BCUT2D eigenvalue weighted by molar-refractivity contribution is -0.138. The molecule has 0 radical (unpaired) electrons. The smallest absolute Gasteiger partial charge is 0.320 e. The number of nitrogens with zero attached hydrogens (tertiary/aromatic N) is 3. The van der Waals surface area contributed by atoms with E-state index >= 15 is 0 Å². The zero-order valence-electron chi connectivity index (χ0n) is 10.8. The van der Waals surface area contributed by atoms with Gasteiger partial charge in [0.05, 0.1) is 6.54 Å². The Kier molecular flexibility index (Phi) is 4.38. The second-order valence-corrected chi connectivity index (χ2v) is 6.26. The molecule has 9 nitrogen and oxygen atoms in total. The molecule has 0 amide bonds. The van der Waals surface area contributed by atoms with Crippen molar-refractivity contribution in [3.63, 3.8) is 0 Å². The number of rotatable bonds is 6. The number of hydrogen-bond donors (Lipinski definition) is 3. The van der Waals surface area contributed by atoms with Crippen LogP contribution in [-0.2, 0) is 28.1 Å². The molecule has 10 heteroatoms. The summed E-state index contributed by atoms with van der Waals surface area (Å²) in [7, 11) is -3.64. The predicted octanol–water partition coefficient (Wildman–Crippen LogP) is -1.66. The van der Waals surface area contributed by atoms with Crippen molar-refractivity contribution in [2.45, 2.75) is 25.6 Å². The van der Waals surface area contributed by atoms with Crippen molar-refractivity contribution in [3.8, 4) is 0 Å². The molecule has 1 aromatic heterocycles. The van der Waals surface area contributed by atoms with E-state index in [-0.39, 0.29) is 19.5 Å². The zero-order valence-corrected chi connectivity index (χ0v) is 11.6. The topological polar surface area (TPSA) is 131 Å². The van der Waals surface area contributed by atoms with E-state index in [1.807, 2.05) is 4.57 Å². The number of hydrogen-bond acceptors (Lipinski definition) is 5. The molecular formula is C10H17N5O4S. The van der Waals surface area contributed by atoms with Gasteiger partial charge in [0.25, 0.3) is 10.2 Å². The van der Waals surface area contributed by atoms with Crippen LogP contribution in [0.25, 0.3) is 0 Å². The van der Waals surface area contributed by atoms with Gasteiger partial charge in [0.1, 0.15) is 11.9 Å². The number of aromatic nitrogens is 2. The Bertz CT molecular complexity index is 584. The van der Waals surface area contributed by atoms with E-state index in [4.69, 9.17) is 10.8 Å². The molecule has 0 fully saturated rings. The Balaban J connectivity index is 1.90. The first kappa shape index (κ1) is 14.9. The lowest BCUT2D eigenvalue weighted by Gasteiger charge is -2.27. The monoisotopic (exact) mass is 303 g/mol. The summed E-state index contributed by atoms with van der Waals surface area (Å²) < 4.78 is 29.6. The van der Waals surface area contributed by atoms with Crippen LogP contribution in [0, 0.1) is 0 Å². The SMILES string of the molecule is NC(CCNS(=O)(=O)N1CCn2ccnc2C1)C(=O)O. The Morgan fingerprint density at radius 3 is 3.00 bits per heavy atom. The van der Waals surface area contributed by atoms with Crippen LogP contribution in [-0.4, -0.2) is 52.5 Å². The van der Waals surface area contributed by atoms with Crippen LogP contribution in [0.2, 0.25) is 0 Å². The maximum Gasteiger partial charge on any atom is 0.320 e. The van der Waals surface area contributed by atoms with Crippen molar-refractivity contribution in [1.29, 1.82) is 0 Å². The number of nitrogens with one attached hydrogen (secondary N) is 1. The van der Waals surface area contributed by atoms with Gasteiger partial charge < -0.3 is 15.4 Å². The van der Waals surface area contributed by atoms with Gasteiger partial charge in [-0.1, -0.05) is 0 Å². The van der Waals surface area contributed by atoms with Gasteiger partial charge in [-0.2, -0.15) is 12.7 Å². The van der Waals surface area contributed by atoms with Crippen molar-refractivity contribution in [3.05, 3.63) is 18.2 Å². The number of nitrogens with two attached hydrogens (primary N) is 1. The highest BCUT2D eigenvalue weighted by Gasteiger charge is 2.27. The molecule has 4 N–H and O–H groups in total. The Morgan fingerprint density at radius 2 is 2.30 bits per heavy atom. The summed E-state index contributed by atoms with van der Waals surface area (Å²) in [6.45, 7) is 1.09. The maximum absolute atomic E-state index is 12.1. The Morgan fingerprint density at radius 1 is 1.55 bits per heavy atom. The molecule has 0 spiro atoms. The summed E-state index contributed by atoms with van der Waals surface area (Å²) in [5.74, 6) is -0.465. The molecule has 0 saturated carbocycles. The fraction of sp³-hybridized carbons (Fsp3) is 0.600. The summed E-state index contributed by atoms with van der Waals surface area (Å²) in [6, 6.07) is -1.07.